The average molecular weight is 428 g/mol. The summed E-state index contributed by atoms with van der Waals surface area (Å²) in [6, 6.07) is 11.8. The summed E-state index contributed by atoms with van der Waals surface area (Å²) < 4.78 is 19.1. The molecule has 0 bridgehead atoms. The lowest BCUT2D eigenvalue weighted by atomic mass is 10.0. The Morgan fingerprint density at radius 3 is 2.66 bits per heavy atom. The zero-order chi connectivity index (χ0) is 20.4. The highest BCUT2D eigenvalue weighted by atomic mass is 32.2. The zero-order valence-corrected chi connectivity index (χ0v) is 17.5. The lowest BCUT2D eigenvalue weighted by Crippen LogP contribution is -2.00. The minimum Gasteiger partial charge on any atom is -0.423 e. The molecule has 5 nitrogen and oxygen atoms in total. The van der Waals surface area contributed by atoms with Crippen LogP contribution in [0.25, 0.3) is 11.0 Å². The maximum atomic E-state index is 13.0. The van der Waals surface area contributed by atoms with Crippen LogP contribution in [0.15, 0.2) is 56.0 Å². The van der Waals surface area contributed by atoms with Gasteiger partial charge in [-0.3, -0.25) is 0 Å². The first kappa shape index (κ1) is 19.6. The first-order valence-electron chi connectivity index (χ1n) is 8.96. The maximum absolute atomic E-state index is 13.0. The minimum atomic E-state index is -0.352. The Labute approximate surface area is 175 Å². The summed E-state index contributed by atoms with van der Waals surface area (Å²) in [6.07, 6.45) is 0. The molecule has 8 heteroatoms. The molecule has 148 valence electrons. The van der Waals surface area contributed by atoms with E-state index in [1.54, 1.807) is 18.2 Å². The highest BCUT2D eigenvalue weighted by Gasteiger charge is 2.11. The smallest absolute Gasteiger partial charge is 0.336 e. The quantitative estimate of drug-likeness (QED) is 0.332. The Morgan fingerprint density at radius 2 is 1.86 bits per heavy atom. The Morgan fingerprint density at radius 1 is 1.10 bits per heavy atom. The summed E-state index contributed by atoms with van der Waals surface area (Å²) in [5, 5.41) is 13.2. The van der Waals surface area contributed by atoms with Crippen molar-refractivity contribution in [3.63, 3.8) is 0 Å². The number of hydrogen-bond acceptors (Lipinski definition) is 7. The van der Waals surface area contributed by atoms with E-state index in [1.807, 2.05) is 19.9 Å². The number of nitrogens with one attached hydrogen (secondary N) is 1. The van der Waals surface area contributed by atoms with Crippen LogP contribution in [0.5, 0.6) is 0 Å². The zero-order valence-electron chi connectivity index (χ0n) is 15.9. The van der Waals surface area contributed by atoms with Gasteiger partial charge in [0.1, 0.15) is 11.4 Å². The molecule has 0 aliphatic rings. The van der Waals surface area contributed by atoms with Crippen molar-refractivity contribution in [3.8, 4) is 0 Å². The number of thioether (sulfide) groups is 1. The van der Waals surface area contributed by atoms with Gasteiger partial charge in [0, 0.05) is 23.8 Å². The van der Waals surface area contributed by atoms with Gasteiger partial charge in [-0.2, -0.15) is 0 Å². The van der Waals surface area contributed by atoms with Gasteiger partial charge in [-0.15, -0.1) is 10.2 Å². The van der Waals surface area contributed by atoms with Crippen molar-refractivity contribution in [2.24, 2.45) is 0 Å². The lowest BCUT2D eigenvalue weighted by Gasteiger charge is -2.07. The predicted molar refractivity (Wildman–Crippen MR) is 115 cm³/mol. The highest BCUT2D eigenvalue weighted by molar-refractivity contribution is 8.00. The van der Waals surface area contributed by atoms with Crippen molar-refractivity contribution in [2.45, 2.75) is 30.5 Å². The molecular weight excluding hydrogens is 409 g/mol. The van der Waals surface area contributed by atoms with Crippen LogP contribution in [0.3, 0.4) is 0 Å². The first-order valence-corrected chi connectivity index (χ1v) is 10.8. The van der Waals surface area contributed by atoms with E-state index in [4.69, 9.17) is 4.42 Å². The molecule has 0 saturated heterocycles. The molecule has 4 aromatic rings. The fraction of sp³-hybridized carbons (Fsp3) is 0.190. The molecule has 0 aliphatic heterocycles. The Kier molecular flexibility index (Phi) is 5.64. The topological polar surface area (TPSA) is 68.0 Å². The van der Waals surface area contributed by atoms with E-state index in [0.29, 0.717) is 23.0 Å². The summed E-state index contributed by atoms with van der Waals surface area (Å²) in [5.74, 6) is 0.341. The number of benzene rings is 2. The molecule has 0 amide bonds. The van der Waals surface area contributed by atoms with Gasteiger partial charge in [-0.1, -0.05) is 35.2 Å². The molecular formula is C21H18FN3O2S2. The van der Waals surface area contributed by atoms with E-state index in [9.17, 15) is 9.18 Å². The van der Waals surface area contributed by atoms with E-state index in [0.717, 1.165) is 32.0 Å². The number of rotatable bonds is 6. The van der Waals surface area contributed by atoms with Crippen LogP contribution in [-0.2, 0) is 12.3 Å². The molecule has 0 saturated carbocycles. The third-order valence-electron chi connectivity index (χ3n) is 4.56. The van der Waals surface area contributed by atoms with Gasteiger partial charge in [0.15, 0.2) is 4.34 Å². The van der Waals surface area contributed by atoms with Crippen LogP contribution < -0.4 is 10.9 Å². The van der Waals surface area contributed by atoms with Crippen molar-refractivity contribution < 1.29 is 8.81 Å². The molecule has 0 unspecified atom stereocenters. The van der Waals surface area contributed by atoms with Crippen molar-refractivity contribution in [2.75, 3.05) is 5.32 Å². The summed E-state index contributed by atoms with van der Waals surface area (Å²) in [7, 11) is 0. The molecule has 0 radical (unpaired) electrons. The maximum Gasteiger partial charge on any atom is 0.336 e. The number of aryl methyl sites for hydroxylation is 2. The molecule has 29 heavy (non-hydrogen) atoms. The van der Waals surface area contributed by atoms with Gasteiger partial charge in [-0.25, -0.2) is 9.18 Å². The second-order valence-electron chi connectivity index (χ2n) is 6.67. The van der Waals surface area contributed by atoms with Gasteiger partial charge in [0.25, 0.3) is 0 Å². The average Bonchev–Trinajstić information content (AvgIpc) is 3.15. The van der Waals surface area contributed by atoms with Crippen LogP contribution in [0, 0.1) is 19.7 Å². The SMILES string of the molecule is Cc1cc2oc(=O)cc(CSc3nnc(NCc4ccc(F)cc4)s3)c2cc1C. The number of hydrogen-bond donors (Lipinski definition) is 1. The highest BCUT2D eigenvalue weighted by Crippen LogP contribution is 2.31. The number of halogens is 1. The molecule has 0 aliphatic carbocycles. The van der Waals surface area contributed by atoms with Gasteiger partial charge in [-0.05, 0) is 60.4 Å². The monoisotopic (exact) mass is 427 g/mol. The van der Waals surface area contributed by atoms with Crippen LogP contribution in [-0.4, -0.2) is 10.2 Å². The summed E-state index contributed by atoms with van der Waals surface area (Å²) >= 11 is 2.97. The van der Waals surface area contributed by atoms with Gasteiger partial charge >= 0.3 is 5.63 Å². The number of anilines is 1. The molecule has 2 aromatic heterocycles. The molecule has 0 spiro atoms. The number of fused-ring (bicyclic) bond motifs is 1. The second-order valence-corrected chi connectivity index (χ2v) is 8.87. The van der Waals surface area contributed by atoms with Crippen LogP contribution in [0.1, 0.15) is 22.3 Å². The molecule has 1 N–H and O–H groups in total. The standard InChI is InChI=1S/C21H18FN3O2S2/c1-12-7-17-15(9-19(26)27-18(17)8-13(12)2)11-28-21-25-24-20(29-21)23-10-14-3-5-16(22)6-4-14/h3-9H,10-11H2,1-2H3,(H,23,24). The Hall–Kier alpha value is -2.71. The summed E-state index contributed by atoms with van der Waals surface area (Å²) in [6.45, 7) is 4.58. The van der Waals surface area contributed by atoms with E-state index >= 15 is 0 Å². The minimum absolute atomic E-state index is 0.254. The van der Waals surface area contributed by atoms with Gasteiger partial charge in [0.05, 0.1) is 0 Å². The third kappa shape index (κ3) is 4.65. The van der Waals surface area contributed by atoms with Crippen LogP contribution in [0.4, 0.5) is 9.52 Å². The predicted octanol–water partition coefficient (Wildman–Crippen LogP) is 5.30. The summed E-state index contributed by atoms with van der Waals surface area (Å²) in [4.78, 5) is 11.9. The van der Waals surface area contributed by atoms with E-state index in [1.165, 1.54) is 35.2 Å². The summed E-state index contributed by atoms with van der Waals surface area (Å²) in [5.41, 5.74) is 4.38. The second kappa shape index (κ2) is 8.34. The van der Waals surface area contributed by atoms with Gasteiger partial charge < -0.3 is 9.73 Å². The van der Waals surface area contributed by atoms with Crippen molar-refractivity contribution >= 4 is 39.2 Å². The van der Waals surface area contributed by atoms with E-state index in [2.05, 4.69) is 21.6 Å². The molecule has 2 aromatic carbocycles. The van der Waals surface area contributed by atoms with Crippen molar-refractivity contribution in [1.29, 1.82) is 0 Å². The van der Waals surface area contributed by atoms with Crippen LogP contribution in [0.2, 0.25) is 0 Å². The Balaban J connectivity index is 1.45. The number of nitrogens with zero attached hydrogens (tertiary/aromatic N) is 2. The number of aromatic nitrogens is 2. The largest absolute Gasteiger partial charge is 0.423 e. The normalized spacial score (nSPS) is 11.1. The van der Waals surface area contributed by atoms with Crippen molar-refractivity contribution in [3.05, 3.63) is 81.0 Å². The molecule has 4 rings (SSSR count). The van der Waals surface area contributed by atoms with Crippen LogP contribution >= 0.6 is 23.1 Å². The fourth-order valence-corrected chi connectivity index (χ4v) is 4.60. The molecule has 0 atom stereocenters. The third-order valence-corrected chi connectivity index (χ3v) is 6.62. The van der Waals surface area contributed by atoms with E-state index in [-0.39, 0.29) is 11.4 Å². The molecule has 0 fully saturated rings. The van der Waals surface area contributed by atoms with Gasteiger partial charge in [0.2, 0.25) is 5.13 Å². The van der Waals surface area contributed by atoms with E-state index < -0.39 is 0 Å². The first-order chi connectivity index (χ1) is 14.0. The lowest BCUT2D eigenvalue weighted by molar-refractivity contribution is 0.559. The fourth-order valence-electron chi connectivity index (χ4n) is 2.86. The Bertz CT molecular complexity index is 1220. The molecule has 2 heterocycles. The van der Waals surface area contributed by atoms with Crippen molar-refractivity contribution in [1.82, 2.24) is 10.2 Å².